The molecule has 0 aromatic rings. The Morgan fingerprint density at radius 2 is 2.04 bits per heavy atom. The SMILES string of the molecule is CC[C@H]1C([C@](F)(C(F)(F)CC)S(=O)(=O)/N=C/C[C@H](N)C(=O)O)=[P+]1[O-]. The summed E-state index contributed by atoms with van der Waals surface area (Å²) in [5, 5.41) is 3.51. The van der Waals surface area contributed by atoms with Crippen LogP contribution in [0.3, 0.4) is 0 Å². The Balaban J connectivity index is 3.26. The van der Waals surface area contributed by atoms with Crippen LogP contribution in [0.2, 0.25) is 0 Å². The number of nitrogens with zero attached hydrogens (tertiary/aromatic N) is 1. The third-order valence-corrected chi connectivity index (χ3v) is 7.46. The van der Waals surface area contributed by atoms with Crippen molar-refractivity contribution >= 4 is 35.3 Å². The second kappa shape index (κ2) is 7.07. The number of aliphatic carboxylic acids is 1. The maximum atomic E-state index is 15.1. The number of carboxylic acids is 1. The Morgan fingerprint density at radius 1 is 1.50 bits per heavy atom. The van der Waals surface area contributed by atoms with Gasteiger partial charge in [-0.15, -0.1) is 0 Å². The highest BCUT2D eigenvalue weighted by Gasteiger charge is 2.76. The molecule has 1 unspecified atom stereocenters. The van der Waals surface area contributed by atoms with Gasteiger partial charge in [0.05, 0.1) is 7.77 Å². The molecular weight excluding hydrogens is 372 g/mol. The fourth-order valence-electron chi connectivity index (χ4n) is 2.10. The molecule has 1 heterocycles. The Hall–Kier alpha value is -1.03. The van der Waals surface area contributed by atoms with Crippen molar-refractivity contribution in [2.24, 2.45) is 10.1 Å². The van der Waals surface area contributed by atoms with E-state index in [-0.39, 0.29) is 6.42 Å². The molecule has 138 valence electrons. The third kappa shape index (κ3) is 3.49. The molecule has 0 aliphatic carbocycles. The van der Waals surface area contributed by atoms with Gasteiger partial charge in [0.25, 0.3) is 0 Å². The molecule has 0 spiro atoms. The van der Waals surface area contributed by atoms with Gasteiger partial charge in [-0.1, -0.05) is 13.8 Å². The summed E-state index contributed by atoms with van der Waals surface area (Å²) in [6, 6.07) is -1.52. The molecule has 0 saturated carbocycles. The molecule has 0 amide bonds. The van der Waals surface area contributed by atoms with Crippen molar-refractivity contribution < 1.29 is 36.4 Å². The number of hydrogen-bond acceptors (Lipinski definition) is 5. The van der Waals surface area contributed by atoms with Crippen molar-refractivity contribution in [1.82, 2.24) is 0 Å². The van der Waals surface area contributed by atoms with Crippen molar-refractivity contribution in [3.63, 3.8) is 0 Å². The molecule has 12 heteroatoms. The van der Waals surface area contributed by atoms with E-state index in [2.05, 4.69) is 4.40 Å². The van der Waals surface area contributed by atoms with E-state index in [0.717, 1.165) is 6.92 Å². The Kier molecular flexibility index (Phi) is 6.19. The number of halogens is 3. The topological polar surface area (TPSA) is 133 Å². The fourth-order valence-corrected chi connectivity index (χ4v) is 5.87. The molecule has 1 aliphatic heterocycles. The van der Waals surface area contributed by atoms with Crippen LogP contribution in [0.4, 0.5) is 13.2 Å². The summed E-state index contributed by atoms with van der Waals surface area (Å²) in [7, 11) is -7.96. The Bertz CT molecular complexity index is 682. The van der Waals surface area contributed by atoms with Crippen molar-refractivity contribution in [2.75, 3.05) is 0 Å². The van der Waals surface area contributed by atoms with Crippen molar-refractivity contribution in [3.8, 4) is 0 Å². The number of sulfonamides is 1. The van der Waals surface area contributed by atoms with Gasteiger partial charge in [0.15, 0.2) is 5.66 Å². The normalized spacial score (nSPS) is 24.0. The number of carbonyl (C=O) groups is 1. The van der Waals surface area contributed by atoms with Crippen molar-refractivity contribution in [2.45, 2.75) is 55.7 Å². The highest BCUT2D eigenvalue weighted by atomic mass is 32.2. The molecule has 7 nitrogen and oxygen atoms in total. The van der Waals surface area contributed by atoms with Crippen LogP contribution in [0.1, 0.15) is 33.1 Å². The predicted molar refractivity (Wildman–Crippen MR) is 82.7 cm³/mol. The molecule has 0 bridgehead atoms. The molecular formula is C12H18F3N2O5PS. The summed E-state index contributed by atoms with van der Waals surface area (Å²) in [6.45, 7) is 2.36. The molecule has 24 heavy (non-hydrogen) atoms. The maximum absolute atomic E-state index is 15.1. The first-order chi connectivity index (χ1) is 10.9. The van der Waals surface area contributed by atoms with Gasteiger partial charge in [-0.05, 0) is 6.42 Å². The van der Waals surface area contributed by atoms with Crippen LogP contribution < -0.4 is 10.6 Å². The maximum Gasteiger partial charge on any atom is 0.355 e. The van der Waals surface area contributed by atoms with E-state index >= 15 is 4.39 Å². The van der Waals surface area contributed by atoms with Gasteiger partial charge < -0.3 is 15.7 Å². The van der Waals surface area contributed by atoms with E-state index in [1.165, 1.54) is 6.92 Å². The molecule has 1 rings (SSSR count). The molecule has 4 atom stereocenters. The Labute approximate surface area is 138 Å². The number of nitrogens with two attached hydrogens (primary N) is 1. The van der Waals surface area contributed by atoms with Crippen LogP contribution in [-0.2, 0) is 14.8 Å². The molecule has 3 N–H and O–H groups in total. The zero-order chi connectivity index (χ0) is 18.9. The monoisotopic (exact) mass is 390 g/mol. The summed E-state index contributed by atoms with van der Waals surface area (Å²) in [4.78, 5) is 22.2. The largest absolute Gasteiger partial charge is 0.630 e. The molecule has 0 saturated heterocycles. The zero-order valence-electron chi connectivity index (χ0n) is 12.9. The van der Waals surface area contributed by atoms with E-state index in [9.17, 15) is 26.9 Å². The summed E-state index contributed by atoms with van der Waals surface area (Å²) >= 11 is 0. The fraction of sp³-hybridized carbons (Fsp3) is 0.750. The molecule has 0 aromatic carbocycles. The smallest absolute Gasteiger partial charge is 0.355 e. The third-order valence-electron chi connectivity index (χ3n) is 3.64. The lowest BCUT2D eigenvalue weighted by molar-refractivity contribution is -0.151. The second-order valence-electron chi connectivity index (χ2n) is 5.23. The van der Waals surface area contributed by atoms with E-state index in [1.54, 1.807) is 0 Å². The van der Waals surface area contributed by atoms with Crippen LogP contribution >= 0.6 is 7.77 Å². The van der Waals surface area contributed by atoms with Crippen molar-refractivity contribution in [1.29, 1.82) is 0 Å². The zero-order valence-corrected chi connectivity index (χ0v) is 14.7. The summed E-state index contributed by atoms with van der Waals surface area (Å²) in [5.74, 6) is -5.79. The average molecular weight is 390 g/mol. The Morgan fingerprint density at radius 3 is 2.42 bits per heavy atom. The highest BCUT2D eigenvalue weighted by Crippen LogP contribution is 2.56. The number of hydrogen-bond donors (Lipinski definition) is 2. The van der Waals surface area contributed by atoms with Gasteiger partial charge >= 0.3 is 26.9 Å². The van der Waals surface area contributed by atoms with E-state index in [1.807, 2.05) is 0 Å². The number of alkyl halides is 3. The van der Waals surface area contributed by atoms with Crippen LogP contribution in [0, 0.1) is 0 Å². The first-order valence-electron chi connectivity index (χ1n) is 7.04. The summed E-state index contributed by atoms with van der Waals surface area (Å²) in [5.41, 5.74) is 4.08. The molecule has 0 fully saturated rings. The molecule has 1 aliphatic rings. The minimum Gasteiger partial charge on any atom is -0.630 e. The predicted octanol–water partition coefficient (Wildman–Crippen LogP) is 0.622. The molecule has 0 radical (unpaired) electrons. The lowest BCUT2D eigenvalue weighted by Gasteiger charge is -2.26. The standard InChI is InChI=1S/C12H18F3N2O5PS/c1-3-8-9(23(8)20)12(15,11(13,14)4-2)24(21,22)17-6-5-7(16)10(18)19/h6-8H,3-5,16H2,1-2H3,(H,18,19)/b17-6+/t7-,8-,12+/m0/s1. The van der Waals surface area contributed by atoms with Crippen LogP contribution in [0.5, 0.6) is 0 Å². The summed E-state index contributed by atoms with van der Waals surface area (Å²) < 4.78 is 70.3. The molecule has 0 aromatic heterocycles. The van der Waals surface area contributed by atoms with E-state index < -0.39 is 64.5 Å². The van der Waals surface area contributed by atoms with Gasteiger partial charge in [-0.3, -0.25) is 4.79 Å². The second-order valence-corrected chi connectivity index (χ2v) is 8.71. The average Bonchev–Trinajstić information content (AvgIpc) is 3.15. The lowest BCUT2D eigenvalue weighted by atomic mass is 10.1. The minimum absolute atomic E-state index is 0.0547. The van der Waals surface area contributed by atoms with Crippen LogP contribution in [0.15, 0.2) is 4.40 Å². The van der Waals surface area contributed by atoms with Crippen LogP contribution in [0.25, 0.3) is 0 Å². The van der Waals surface area contributed by atoms with Crippen LogP contribution in [-0.4, -0.2) is 53.6 Å². The lowest BCUT2D eigenvalue weighted by Crippen LogP contribution is -2.54. The number of rotatable bonds is 9. The van der Waals surface area contributed by atoms with Crippen molar-refractivity contribution in [3.05, 3.63) is 0 Å². The summed E-state index contributed by atoms with van der Waals surface area (Å²) in [6.07, 6.45) is -1.22. The number of carboxylic acid groups (broad SMARTS) is 1. The van der Waals surface area contributed by atoms with Gasteiger partial charge in [0.2, 0.25) is 5.29 Å². The van der Waals surface area contributed by atoms with E-state index in [4.69, 9.17) is 10.8 Å². The first kappa shape index (κ1) is 21.0. The van der Waals surface area contributed by atoms with Gasteiger partial charge in [-0.25, -0.2) is 21.6 Å². The van der Waals surface area contributed by atoms with E-state index in [0.29, 0.717) is 6.21 Å². The van der Waals surface area contributed by atoms with Gasteiger partial charge in [-0.2, -0.15) is 4.40 Å². The van der Waals surface area contributed by atoms with Gasteiger partial charge in [0, 0.05) is 19.1 Å². The minimum atomic E-state index is -5.44. The first-order valence-corrected chi connectivity index (χ1v) is 9.81. The highest BCUT2D eigenvalue weighted by molar-refractivity contribution is 7.93. The quantitative estimate of drug-likeness (QED) is 0.438. The van der Waals surface area contributed by atoms with Gasteiger partial charge in [0.1, 0.15) is 6.04 Å².